The van der Waals surface area contributed by atoms with Crippen molar-refractivity contribution in [2.24, 2.45) is 11.7 Å². The van der Waals surface area contributed by atoms with Crippen LogP contribution in [0.3, 0.4) is 0 Å². The molecule has 0 atom stereocenters. The molecule has 1 aliphatic rings. The summed E-state index contributed by atoms with van der Waals surface area (Å²) in [5, 5.41) is 0. The Morgan fingerprint density at radius 2 is 1.80 bits per heavy atom. The van der Waals surface area contributed by atoms with Gasteiger partial charge in [-0.25, -0.2) is 0 Å². The average molecular weight is 344 g/mol. The highest BCUT2D eigenvalue weighted by Gasteiger charge is 2.14. The van der Waals surface area contributed by atoms with Gasteiger partial charge in [-0.2, -0.15) is 0 Å². The molecule has 25 heavy (non-hydrogen) atoms. The van der Waals surface area contributed by atoms with Gasteiger partial charge in [0.15, 0.2) is 0 Å². The predicted octanol–water partition coefficient (Wildman–Crippen LogP) is 4.88. The van der Waals surface area contributed by atoms with Gasteiger partial charge in [0, 0.05) is 6.92 Å². The molecule has 0 saturated heterocycles. The molecule has 2 N–H and O–H groups in total. The molecule has 0 radical (unpaired) electrons. The maximum absolute atomic E-state index is 10.7. The summed E-state index contributed by atoms with van der Waals surface area (Å²) in [7, 11) is 0. The molecule has 0 spiro atoms. The maximum atomic E-state index is 10.7. The topological polar surface area (TPSA) is 52.3 Å². The maximum Gasteiger partial charge on any atom is 0.302 e. The first kappa shape index (κ1) is 19.7. The summed E-state index contributed by atoms with van der Waals surface area (Å²) in [5.74, 6) is 0.552. The van der Waals surface area contributed by atoms with Crippen molar-refractivity contribution in [2.75, 3.05) is 13.2 Å². The third kappa shape index (κ3) is 7.87. The molecule has 3 nitrogen and oxygen atoms in total. The van der Waals surface area contributed by atoms with Crippen molar-refractivity contribution in [3.8, 4) is 0 Å². The first-order valence-electron chi connectivity index (χ1n) is 9.79. The second kappa shape index (κ2) is 11.1. The molecule has 0 heterocycles. The molecule has 2 rings (SSSR count). The van der Waals surface area contributed by atoms with Crippen LogP contribution in [0, 0.1) is 5.92 Å². The van der Waals surface area contributed by atoms with E-state index in [1.54, 1.807) is 5.57 Å². The summed E-state index contributed by atoms with van der Waals surface area (Å²) in [6.07, 6.45) is 12.9. The number of hydrogen-bond donors (Lipinski definition) is 1. The number of ether oxygens (including phenoxy) is 1. The normalized spacial score (nSPS) is 17.4. The number of carbonyl (C=O) groups is 1. The molecule has 3 heteroatoms. The number of aryl methyl sites for hydroxylation is 1. The first-order valence-corrected chi connectivity index (χ1v) is 9.79. The van der Waals surface area contributed by atoms with Crippen molar-refractivity contribution in [3.05, 3.63) is 41.0 Å². The van der Waals surface area contributed by atoms with Crippen molar-refractivity contribution < 1.29 is 9.53 Å². The monoisotopic (exact) mass is 343 g/mol. The summed E-state index contributed by atoms with van der Waals surface area (Å²) in [6, 6.07) is 9.02. The van der Waals surface area contributed by atoms with Gasteiger partial charge < -0.3 is 10.5 Å². The lowest BCUT2D eigenvalue weighted by Gasteiger charge is -2.22. The van der Waals surface area contributed by atoms with Gasteiger partial charge in [0.05, 0.1) is 6.61 Å². The highest BCUT2D eigenvalue weighted by atomic mass is 16.5. The van der Waals surface area contributed by atoms with Gasteiger partial charge in [0.25, 0.3) is 0 Å². The summed E-state index contributed by atoms with van der Waals surface area (Å²) >= 11 is 0. The van der Waals surface area contributed by atoms with Crippen molar-refractivity contribution in [1.29, 1.82) is 0 Å². The van der Waals surface area contributed by atoms with E-state index in [2.05, 4.69) is 30.3 Å². The lowest BCUT2D eigenvalue weighted by molar-refractivity contribution is -0.141. The molecule has 1 aromatic rings. The third-order valence-corrected chi connectivity index (χ3v) is 5.10. The Kier molecular flexibility index (Phi) is 8.75. The van der Waals surface area contributed by atoms with Gasteiger partial charge in [0.1, 0.15) is 0 Å². The Morgan fingerprint density at radius 3 is 2.44 bits per heavy atom. The van der Waals surface area contributed by atoms with E-state index in [0.717, 1.165) is 31.7 Å². The Hall–Kier alpha value is -1.61. The van der Waals surface area contributed by atoms with Crippen molar-refractivity contribution in [1.82, 2.24) is 0 Å². The minimum Gasteiger partial charge on any atom is -0.466 e. The molecule has 0 aromatic heterocycles. The largest absolute Gasteiger partial charge is 0.466 e. The molecule has 0 bridgehead atoms. The summed E-state index contributed by atoms with van der Waals surface area (Å²) in [6.45, 7) is 2.86. The van der Waals surface area contributed by atoms with Gasteiger partial charge in [0.2, 0.25) is 0 Å². The Labute approximate surface area is 152 Å². The second-order valence-corrected chi connectivity index (χ2v) is 7.23. The second-order valence-electron chi connectivity index (χ2n) is 7.23. The van der Waals surface area contributed by atoms with Gasteiger partial charge in [-0.3, -0.25) is 4.79 Å². The zero-order valence-corrected chi connectivity index (χ0v) is 15.6. The molecule has 1 aromatic carbocycles. The zero-order valence-electron chi connectivity index (χ0n) is 15.6. The zero-order chi connectivity index (χ0) is 17.9. The van der Waals surface area contributed by atoms with E-state index in [1.165, 1.54) is 56.6 Å². The van der Waals surface area contributed by atoms with E-state index in [-0.39, 0.29) is 5.97 Å². The number of allylic oxidation sites excluding steroid dienone is 1. The van der Waals surface area contributed by atoms with Crippen LogP contribution in [0.2, 0.25) is 0 Å². The highest BCUT2D eigenvalue weighted by Crippen LogP contribution is 2.29. The Morgan fingerprint density at radius 1 is 1.12 bits per heavy atom. The van der Waals surface area contributed by atoms with Crippen LogP contribution in [0.15, 0.2) is 29.8 Å². The Balaban J connectivity index is 1.65. The van der Waals surface area contributed by atoms with Crippen molar-refractivity contribution in [2.45, 2.75) is 64.7 Å². The molecule has 0 amide bonds. The van der Waals surface area contributed by atoms with Crippen LogP contribution in [0.25, 0.3) is 6.08 Å². The van der Waals surface area contributed by atoms with Gasteiger partial charge in [-0.05, 0) is 68.5 Å². The highest BCUT2D eigenvalue weighted by molar-refractivity contribution is 5.65. The van der Waals surface area contributed by atoms with Crippen LogP contribution >= 0.6 is 0 Å². The van der Waals surface area contributed by atoms with Gasteiger partial charge in [-0.15, -0.1) is 0 Å². The number of carbonyl (C=O) groups excluding carboxylic acids is 1. The number of rotatable bonds is 9. The molecular formula is C22H33NO2. The lowest BCUT2D eigenvalue weighted by atomic mass is 9.85. The summed E-state index contributed by atoms with van der Waals surface area (Å²) in [5.41, 5.74) is 10.1. The van der Waals surface area contributed by atoms with E-state index >= 15 is 0 Å². The fourth-order valence-corrected chi connectivity index (χ4v) is 3.45. The van der Waals surface area contributed by atoms with Crippen molar-refractivity contribution in [3.63, 3.8) is 0 Å². The summed E-state index contributed by atoms with van der Waals surface area (Å²) < 4.78 is 4.94. The lowest BCUT2D eigenvalue weighted by Crippen LogP contribution is -2.17. The van der Waals surface area contributed by atoms with Gasteiger partial charge in [-0.1, -0.05) is 48.8 Å². The number of nitrogens with two attached hydrogens (primary N) is 1. The number of hydrogen-bond acceptors (Lipinski definition) is 3. The smallest absolute Gasteiger partial charge is 0.302 e. The number of esters is 1. The van der Waals surface area contributed by atoms with E-state index in [9.17, 15) is 4.79 Å². The van der Waals surface area contributed by atoms with E-state index < -0.39 is 0 Å². The van der Waals surface area contributed by atoms with E-state index in [4.69, 9.17) is 10.5 Å². The Bertz CT molecular complexity index is 538. The fourth-order valence-electron chi connectivity index (χ4n) is 3.45. The third-order valence-electron chi connectivity index (χ3n) is 5.10. The minimum absolute atomic E-state index is 0.178. The fraction of sp³-hybridized carbons (Fsp3) is 0.591. The van der Waals surface area contributed by atoms with Crippen molar-refractivity contribution >= 4 is 12.0 Å². The average Bonchev–Trinajstić information content (AvgIpc) is 2.62. The van der Waals surface area contributed by atoms with Crippen LogP contribution in [0.1, 0.15) is 69.4 Å². The molecule has 1 saturated carbocycles. The van der Waals surface area contributed by atoms with E-state index in [0.29, 0.717) is 6.61 Å². The molecule has 1 aliphatic carbocycles. The van der Waals surface area contributed by atoms with Crippen LogP contribution in [0.5, 0.6) is 0 Å². The molecule has 1 fully saturated rings. The SMILES string of the molecule is CC(=O)OCCCCCCc1ccc(C=C2CCC(CN)CC2)cc1. The molecule has 0 aliphatic heterocycles. The molecular weight excluding hydrogens is 310 g/mol. The van der Waals surface area contributed by atoms with Crippen LogP contribution in [-0.4, -0.2) is 19.1 Å². The minimum atomic E-state index is -0.178. The standard InChI is InChI=1S/C22H33NO2/c1-18(24)25-15-5-3-2-4-6-19-7-9-20(10-8-19)16-21-11-13-22(17-23)14-12-21/h7-10,16,22H,2-6,11-15,17,23H2,1H3. The van der Waals surface area contributed by atoms with Crippen LogP contribution in [0.4, 0.5) is 0 Å². The van der Waals surface area contributed by atoms with E-state index in [1.807, 2.05) is 0 Å². The first-order chi connectivity index (χ1) is 12.2. The molecule has 138 valence electrons. The van der Waals surface area contributed by atoms with Gasteiger partial charge >= 0.3 is 5.97 Å². The summed E-state index contributed by atoms with van der Waals surface area (Å²) in [4.78, 5) is 10.7. The van der Waals surface area contributed by atoms with Crippen LogP contribution < -0.4 is 5.73 Å². The number of unbranched alkanes of at least 4 members (excludes halogenated alkanes) is 3. The molecule has 0 unspecified atom stereocenters. The quantitative estimate of drug-likeness (QED) is 0.513. The van der Waals surface area contributed by atoms with Crippen LogP contribution in [-0.2, 0) is 16.0 Å². The predicted molar refractivity (Wildman–Crippen MR) is 104 cm³/mol. The number of benzene rings is 1.